The molecule has 1 aromatic heterocycles. The van der Waals surface area contributed by atoms with Crippen LogP contribution in [0.1, 0.15) is 33.3 Å². The highest BCUT2D eigenvalue weighted by atomic mass is 32.1. The van der Waals surface area contributed by atoms with E-state index in [0.717, 1.165) is 11.3 Å². The molecule has 0 spiro atoms. The number of benzene rings is 2. The van der Waals surface area contributed by atoms with Gasteiger partial charge in [-0.1, -0.05) is 41.6 Å². The molecule has 9 heteroatoms. The maximum Gasteiger partial charge on any atom is 0.365 e. The molecule has 0 saturated heterocycles. The van der Waals surface area contributed by atoms with Gasteiger partial charge in [0, 0.05) is 10.9 Å². The Hall–Kier alpha value is -3.85. The summed E-state index contributed by atoms with van der Waals surface area (Å²) >= 11 is 1.09. The number of thiazole rings is 1. The Kier molecular flexibility index (Phi) is 7.01. The third-order valence-corrected chi connectivity index (χ3v) is 4.46. The number of oxime groups is 1. The summed E-state index contributed by atoms with van der Waals surface area (Å²) in [6, 6.07) is 16.8. The molecule has 0 aliphatic heterocycles. The van der Waals surface area contributed by atoms with Gasteiger partial charge in [0.25, 0.3) is 5.91 Å². The Morgan fingerprint density at radius 3 is 2.27 bits per heavy atom. The quantitative estimate of drug-likeness (QED) is 0.270. The van der Waals surface area contributed by atoms with Crippen LogP contribution in [0.4, 0.5) is 5.13 Å². The molecule has 1 heterocycles. The predicted molar refractivity (Wildman–Crippen MR) is 112 cm³/mol. The van der Waals surface area contributed by atoms with Crippen molar-refractivity contribution in [2.24, 2.45) is 5.16 Å². The Morgan fingerprint density at radius 1 is 1.00 bits per heavy atom. The molecule has 0 radical (unpaired) electrons. The van der Waals surface area contributed by atoms with E-state index in [1.54, 1.807) is 67.6 Å². The molecule has 3 rings (SSSR count). The number of amides is 1. The predicted octanol–water partition coefficient (Wildman–Crippen LogP) is 3.52. The molecule has 3 aromatic rings. The lowest BCUT2D eigenvalue weighted by Crippen LogP contribution is -2.20. The molecule has 0 atom stereocenters. The van der Waals surface area contributed by atoms with Gasteiger partial charge in [-0.25, -0.2) is 14.6 Å². The number of hydrogen-bond acceptors (Lipinski definition) is 8. The number of nitrogens with zero attached hydrogens (tertiary/aromatic N) is 2. The van der Waals surface area contributed by atoms with Gasteiger partial charge in [-0.2, -0.15) is 0 Å². The first-order chi connectivity index (χ1) is 14.6. The zero-order chi connectivity index (χ0) is 21.3. The summed E-state index contributed by atoms with van der Waals surface area (Å²) in [4.78, 5) is 45.7. The van der Waals surface area contributed by atoms with Gasteiger partial charge in [0.2, 0.25) is 5.71 Å². The van der Waals surface area contributed by atoms with E-state index in [2.05, 4.69) is 15.5 Å². The molecule has 0 saturated carbocycles. The summed E-state index contributed by atoms with van der Waals surface area (Å²) in [7, 11) is 0. The second kappa shape index (κ2) is 10.1. The van der Waals surface area contributed by atoms with E-state index >= 15 is 0 Å². The molecule has 1 amide bonds. The number of carbonyl (C=O) groups excluding carboxylic acids is 3. The van der Waals surface area contributed by atoms with Crippen LogP contribution in [-0.4, -0.2) is 35.1 Å². The van der Waals surface area contributed by atoms with Gasteiger partial charge in [-0.05, 0) is 31.2 Å². The Balaban J connectivity index is 1.78. The highest BCUT2D eigenvalue weighted by molar-refractivity contribution is 7.14. The molecule has 0 bridgehead atoms. The lowest BCUT2D eigenvalue weighted by atomic mass is 10.2. The van der Waals surface area contributed by atoms with Crippen LogP contribution in [0.2, 0.25) is 0 Å². The van der Waals surface area contributed by atoms with Crippen molar-refractivity contribution < 1.29 is 24.0 Å². The SMILES string of the molecule is CCOC(=O)C(=NOC(=O)c1ccccc1)c1csc(NC(=O)c2ccccc2)n1. The van der Waals surface area contributed by atoms with Gasteiger partial charge in [-0.3, -0.25) is 10.1 Å². The first kappa shape index (κ1) is 20.9. The van der Waals surface area contributed by atoms with Crippen LogP contribution in [0.5, 0.6) is 0 Å². The zero-order valence-electron chi connectivity index (χ0n) is 15.9. The number of carbonyl (C=O) groups is 3. The summed E-state index contributed by atoms with van der Waals surface area (Å²) in [5.74, 6) is -1.88. The fraction of sp³-hybridized carbons (Fsp3) is 0.0952. The van der Waals surface area contributed by atoms with Crippen molar-refractivity contribution in [3.05, 3.63) is 82.9 Å². The molecular formula is C21H17N3O5S. The molecule has 0 fully saturated rings. The van der Waals surface area contributed by atoms with Crippen molar-refractivity contribution in [3.63, 3.8) is 0 Å². The van der Waals surface area contributed by atoms with Crippen LogP contribution in [0.3, 0.4) is 0 Å². The highest BCUT2D eigenvalue weighted by Gasteiger charge is 2.22. The van der Waals surface area contributed by atoms with E-state index < -0.39 is 11.9 Å². The smallest absolute Gasteiger partial charge is 0.365 e. The van der Waals surface area contributed by atoms with Crippen LogP contribution in [0.15, 0.2) is 71.2 Å². The fourth-order valence-electron chi connectivity index (χ4n) is 2.30. The number of anilines is 1. The summed E-state index contributed by atoms with van der Waals surface area (Å²) in [5.41, 5.74) is 0.573. The normalized spacial score (nSPS) is 10.9. The van der Waals surface area contributed by atoms with Crippen LogP contribution in [0.25, 0.3) is 0 Å². The summed E-state index contributed by atoms with van der Waals surface area (Å²) in [6.45, 7) is 1.74. The van der Waals surface area contributed by atoms with E-state index in [1.165, 1.54) is 5.38 Å². The zero-order valence-corrected chi connectivity index (χ0v) is 16.7. The van der Waals surface area contributed by atoms with Gasteiger partial charge < -0.3 is 9.57 Å². The second-order valence-electron chi connectivity index (χ2n) is 5.76. The average molecular weight is 423 g/mol. The Labute approximate surface area is 176 Å². The molecule has 0 aliphatic rings. The minimum absolute atomic E-state index is 0.103. The number of hydrogen-bond donors (Lipinski definition) is 1. The van der Waals surface area contributed by atoms with E-state index in [-0.39, 0.29) is 34.6 Å². The van der Waals surface area contributed by atoms with E-state index in [0.29, 0.717) is 5.56 Å². The largest absolute Gasteiger partial charge is 0.461 e. The molecule has 2 aromatic carbocycles. The molecular weight excluding hydrogens is 406 g/mol. The maximum atomic E-state index is 12.3. The van der Waals surface area contributed by atoms with Crippen molar-refractivity contribution in [1.82, 2.24) is 4.98 Å². The van der Waals surface area contributed by atoms with Crippen molar-refractivity contribution >= 4 is 40.0 Å². The van der Waals surface area contributed by atoms with Crippen molar-refractivity contribution in [3.8, 4) is 0 Å². The van der Waals surface area contributed by atoms with Crippen molar-refractivity contribution in [2.75, 3.05) is 11.9 Å². The number of esters is 1. The fourth-order valence-corrected chi connectivity index (χ4v) is 2.99. The first-order valence-electron chi connectivity index (χ1n) is 8.92. The van der Waals surface area contributed by atoms with Crippen LogP contribution < -0.4 is 5.32 Å². The first-order valence-corrected chi connectivity index (χ1v) is 9.80. The van der Waals surface area contributed by atoms with E-state index in [9.17, 15) is 14.4 Å². The lowest BCUT2D eigenvalue weighted by molar-refractivity contribution is -0.135. The third-order valence-electron chi connectivity index (χ3n) is 3.70. The molecule has 152 valence electrons. The van der Waals surface area contributed by atoms with Crippen LogP contribution in [-0.2, 0) is 14.4 Å². The minimum atomic E-state index is -0.801. The van der Waals surface area contributed by atoms with E-state index in [1.807, 2.05) is 0 Å². The molecule has 8 nitrogen and oxygen atoms in total. The lowest BCUT2D eigenvalue weighted by Gasteiger charge is -2.04. The molecule has 1 N–H and O–H groups in total. The minimum Gasteiger partial charge on any atom is -0.461 e. The van der Waals surface area contributed by atoms with Gasteiger partial charge in [-0.15, -0.1) is 11.3 Å². The molecule has 0 aliphatic carbocycles. The van der Waals surface area contributed by atoms with Crippen molar-refractivity contribution in [1.29, 1.82) is 0 Å². The van der Waals surface area contributed by atoms with Gasteiger partial charge in [0.05, 0.1) is 12.2 Å². The number of aromatic nitrogens is 1. The summed E-state index contributed by atoms with van der Waals surface area (Å²) < 4.78 is 4.97. The highest BCUT2D eigenvalue weighted by Crippen LogP contribution is 2.18. The topological polar surface area (TPSA) is 107 Å². The van der Waals surface area contributed by atoms with Gasteiger partial charge in [0.1, 0.15) is 5.69 Å². The van der Waals surface area contributed by atoms with Crippen molar-refractivity contribution in [2.45, 2.75) is 6.92 Å². The second-order valence-corrected chi connectivity index (χ2v) is 6.62. The third kappa shape index (κ3) is 5.36. The monoisotopic (exact) mass is 423 g/mol. The number of rotatable bonds is 7. The Bertz CT molecular complexity index is 1060. The Morgan fingerprint density at radius 2 is 1.63 bits per heavy atom. The van der Waals surface area contributed by atoms with Crippen LogP contribution in [0, 0.1) is 0 Å². The molecule has 0 unspecified atom stereocenters. The maximum absolute atomic E-state index is 12.3. The van der Waals surface area contributed by atoms with Crippen LogP contribution >= 0.6 is 11.3 Å². The standard InChI is InChI=1S/C21H17N3O5S/c1-2-28-20(27)17(24-29-19(26)15-11-7-4-8-12-15)16-13-30-21(22-16)23-18(25)14-9-5-3-6-10-14/h3-13H,2H2,1H3,(H,22,23,25). The van der Waals surface area contributed by atoms with E-state index in [4.69, 9.17) is 9.57 Å². The number of ether oxygens (including phenoxy) is 1. The summed E-state index contributed by atoms with van der Waals surface area (Å²) in [6.07, 6.45) is 0. The number of nitrogens with one attached hydrogen (secondary N) is 1. The molecule has 30 heavy (non-hydrogen) atoms. The van der Waals surface area contributed by atoms with Gasteiger partial charge >= 0.3 is 11.9 Å². The summed E-state index contributed by atoms with van der Waals surface area (Å²) in [5, 5.41) is 8.07. The van der Waals surface area contributed by atoms with Gasteiger partial charge in [0.15, 0.2) is 5.13 Å². The average Bonchev–Trinajstić information content (AvgIpc) is 3.23.